The molecule has 2 aliphatic heterocycles. The van der Waals surface area contributed by atoms with Crippen LogP contribution in [0.15, 0.2) is 24.3 Å². The quantitative estimate of drug-likeness (QED) is 0.777. The van der Waals surface area contributed by atoms with Crippen molar-refractivity contribution < 1.29 is 19.1 Å². The van der Waals surface area contributed by atoms with Crippen LogP contribution in [0.4, 0.5) is 4.79 Å². The van der Waals surface area contributed by atoms with E-state index in [0.29, 0.717) is 36.8 Å². The lowest BCUT2D eigenvalue weighted by atomic mass is 10.1. The third-order valence-corrected chi connectivity index (χ3v) is 4.47. The summed E-state index contributed by atoms with van der Waals surface area (Å²) >= 11 is 5.91. The van der Waals surface area contributed by atoms with E-state index >= 15 is 0 Å². The maximum Gasteiger partial charge on any atom is 0.324 e. The first-order valence-corrected chi connectivity index (χ1v) is 8.67. The van der Waals surface area contributed by atoms with Gasteiger partial charge in [-0.1, -0.05) is 24.6 Å². The van der Waals surface area contributed by atoms with Gasteiger partial charge >= 0.3 is 6.03 Å². The van der Waals surface area contributed by atoms with Gasteiger partial charge in [0.05, 0.1) is 19.5 Å². The normalized spacial score (nSPS) is 20.5. The van der Waals surface area contributed by atoms with Gasteiger partial charge in [-0.3, -0.25) is 14.5 Å². The second-order valence-corrected chi connectivity index (χ2v) is 6.63. The van der Waals surface area contributed by atoms with Gasteiger partial charge < -0.3 is 15.0 Å². The summed E-state index contributed by atoms with van der Waals surface area (Å²) in [6.07, 6.45) is 0.580. The van der Waals surface area contributed by atoms with Gasteiger partial charge in [-0.2, -0.15) is 0 Å². The average molecular weight is 366 g/mol. The van der Waals surface area contributed by atoms with Crippen molar-refractivity contribution >= 4 is 29.4 Å². The number of amides is 4. The summed E-state index contributed by atoms with van der Waals surface area (Å²) in [5.74, 6) is 0.174. The molecule has 2 saturated heterocycles. The van der Waals surface area contributed by atoms with Gasteiger partial charge in [-0.25, -0.2) is 4.79 Å². The van der Waals surface area contributed by atoms with Crippen LogP contribution in [0, 0.1) is 0 Å². The standard InChI is InChI=1S/C17H20ClN3O4/c1-2-6-21-16(23)14(19-17(21)24)8-15(22)20-9-13(10-20)25-12-5-3-4-11(18)7-12/h3-5,7,13-14H,2,6,8-10H2,1H3,(H,19,24). The molecule has 7 nitrogen and oxygen atoms in total. The van der Waals surface area contributed by atoms with Crippen molar-refractivity contribution in [2.75, 3.05) is 19.6 Å². The molecule has 0 saturated carbocycles. The largest absolute Gasteiger partial charge is 0.487 e. The summed E-state index contributed by atoms with van der Waals surface area (Å²) < 4.78 is 5.75. The number of carbonyl (C=O) groups is 3. The fraction of sp³-hybridized carbons (Fsp3) is 0.471. The first-order chi connectivity index (χ1) is 12.0. The highest BCUT2D eigenvalue weighted by atomic mass is 35.5. The Bertz CT molecular complexity index is 690. The Balaban J connectivity index is 1.46. The summed E-state index contributed by atoms with van der Waals surface area (Å²) in [5.41, 5.74) is 0. The van der Waals surface area contributed by atoms with Crippen molar-refractivity contribution in [2.24, 2.45) is 0 Å². The highest BCUT2D eigenvalue weighted by Gasteiger charge is 2.41. The molecule has 0 spiro atoms. The summed E-state index contributed by atoms with van der Waals surface area (Å²) in [6, 6.07) is 5.91. The number of nitrogens with one attached hydrogen (secondary N) is 1. The van der Waals surface area contributed by atoms with Crippen LogP contribution in [0.2, 0.25) is 5.02 Å². The Morgan fingerprint density at radius 3 is 2.80 bits per heavy atom. The maximum absolute atomic E-state index is 12.3. The first kappa shape index (κ1) is 17.5. The van der Waals surface area contributed by atoms with Crippen LogP contribution in [-0.2, 0) is 9.59 Å². The molecule has 8 heteroatoms. The topological polar surface area (TPSA) is 79.0 Å². The van der Waals surface area contributed by atoms with Gasteiger partial charge in [0.25, 0.3) is 5.91 Å². The number of carbonyl (C=O) groups excluding carboxylic acids is 3. The van der Waals surface area contributed by atoms with Crippen LogP contribution >= 0.6 is 11.6 Å². The molecule has 2 fully saturated rings. The van der Waals surface area contributed by atoms with Crippen molar-refractivity contribution in [3.63, 3.8) is 0 Å². The molecular formula is C17H20ClN3O4. The van der Waals surface area contributed by atoms with Crippen LogP contribution in [0.5, 0.6) is 5.75 Å². The number of nitrogens with zero attached hydrogens (tertiary/aromatic N) is 2. The molecule has 2 aliphatic rings. The monoisotopic (exact) mass is 365 g/mol. The van der Waals surface area contributed by atoms with Crippen LogP contribution in [0.25, 0.3) is 0 Å². The second-order valence-electron chi connectivity index (χ2n) is 6.19. The molecule has 1 N–H and O–H groups in total. The molecule has 4 amide bonds. The predicted octanol–water partition coefficient (Wildman–Crippen LogP) is 1.65. The van der Waals surface area contributed by atoms with Gasteiger partial charge in [-0.05, 0) is 24.6 Å². The minimum atomic E-state index is -0.764. The maximum atomic E-state index is 12.3. The second kappa shape index (κ2) is 7.31. The Morgan fingerprint density at radius 1 is 1.36 bits per heavy atom. The van der Waals surface area contributed by atoms with E-state index in [1.807, 2.05) is 13.0 Å². The van der Waals surface area contributed by atoms with E-state index in [0.717, 1.165) is 0 Å². The predicted molar refractivity (Wildman–Crippen MR) is 91.4 cm³/mol. The van der Waals surface area contributed by atoms with Gasteiger partial charge in [0.1, 0.15) is 17.9 Å². The SMILES string of the molecule is CCCN1C(=O)NC(CC(=O)N2CC(Oc3cccc(Cl)c3)C2)C1=O. The number of benzene rings is 1. The van der Waals surface area contributed by atoms with E-state index < -0.39 is 12.1 Å². The molecule has 0 aromatic heterocycles. The number of hydrogen-bond donors (Lipinski definition) is 1. The van der Waals surface area contributed by atoms with E-state index in [1.54, 1.807) is 23.1 Å². The van der Waals surface area contributed by atoms with Crippen molar-refractivity contribution in [3.05, 3.63) is 29.3 Å². The van der Waals surface area contributed by atoms with Gasteiger partial charge in [-0.15, -0.1) is 0 Å². The minimum absolute atomic E-state index is 0.0192. The zero-order valence-electron chi connectivity index (χ0n) is 13.9. The molecule has 1 atom stereocenters. The smallest absolute Gasteiger partial charge is 0.324 e. The molecule has 25 heavy (non-hydrogen) atoms. The average Bonchev–Trinajstić information content (AvgIpc) is 2.78. The Labute approximate surface area is 150 Å². The zero-order valence-corrected chi connectivity index (χ0v) is 14.7. The van der Waals surface area contributed by atoms with Gasteiger partial charge in [0.15, 0.2) is 0 Å². The van der Waals surface area contributed by atoms with Crippen molar-refractivity contribution in [1.29, 1.82) is 0 Å². The number of likely N-dealkylation sites (tertiary alicyclic amines) is 1. The van der Waals surface area contributed by atoms with Crippen molar-refractivity contribution in [1.82, 2.24) is 15.1 Å². The first-order valence-electron chi connectivity index (χ1n) is 8.29. The summed E-state index contributed by atoms with van der Waals surface area (Å²) in [6.45, 7) is 3.17. The molecule has 3 rings (SSSR count). The van der Waals surface area contributed by atoms with Crippen molar-refractivity contribution in [3.8, 4) is 5.75 Å². The fourth-order valence-corrected chi connectivity index (χ4v) is 3.08. The molecule has 2 heterocycles. The molecular weight excluding hydrogens is 346 g/mol. The molecule has 0 aliphatic carbocycles. The van der Waals surface area contributed by atoms with Crippen LogP contribution in [-0.4, -0.2) is 59.4 Å². The third kappa shape index (κ3) is 3.87. The lowest BCUT2D eigenvalue weighted by Crippen LogP contribution is -2.57. The Hall–Kier alpha value is -2.28. The Kier molecular flexibility index (Phi) is 5.13. The number of urea groups is 1. The zero-order chi connectivity index (χ0) is 18.0. The van der Waals surface area contributed by atoms with Gasteiger partial charge in [0.2, 0.25) is 5.91 Å². The molecule has 134 valence electrons. The number of rotatable bonds is 6. The molecule has 1 unspecified atom stereocenters. The molecule has 0 radical (unpaired) electrons. The minimum Gasteiger partial charge on any atom is -0.487 e. The molecule has 0 bridgehead atoms. The highest BCUT2D eigenvalue weighted by Crippen LogP contribution is 2.22. The number of ether oxygens (including phenoxy) is 1. The van der Waals surface area contributed by atoms with E-state index in [1.165, 1.54) is 4.90 Å². The number of imide groups is 1. The lowest BCUT2D eigenvalue weighted by Gasteiger charge is -2.39. The van der Waals surface area contributed by atoms with E-state index in [4.69, 9.17) is 16.3 Å². The number of hydrogen-bond acceptors (Lipinski definition) is 4. The highest BCUT2D eigenvalue weighted by molar-refractivity contribution is 6.30. The fourth-order valence-electron chi connectivity index (χ4n) is 2.90. The number of halogens is 1. The van der Waals surface area contributed by atoms with E-state index in [-0.39, 0.29) is 24.3 Å². The van der Waals surface area contributed by atoms with Crippen molar-refractivity contribution in [2.45, 2.75) is 31.9 Å². The Morgan fingerprint density at radius 2 is 2.12 bits per heavy atom. The molecule has 1 aromatic carbocycles. The van der Waals surface area contributed by atoms with Crippen LogP contribution < -0.4 is 10.1 Å². The summed E-state index contributed by atoms with van der Waals surface area (Å²) in [5, 5.41) is 3.17. The van der Waals surface area contributed by atoms with E-state index in [2.05, 4.69) is 5.32 Å². The van der Waals surface area contributed by atoms with E-state index in [9.17, 15) is 14.4 Å². The summed E-state index contributed by atoms with van der Waals surface area (Å²) in [4.78, 5) is 38.9. The molecule has 1 aromatic rings. The lowest BCUT2D eigenvalue weighted by molar-refractivity contribution is -0.142. The van der Waals surface area contributed by atoms with Crippen LogP contribution in [0.3, 0.4) is 0 Å². The summed E-state index contributed by atoms with van der Waals surface area (Å²) in [7, 11) is 0. The van der Waals surface area contributed by atoms with Crippen LogP contribution in [0.1, 0.15) is 19.8 Å². The van der Waals surface area contributed by atoms with Gasteiger partial charge in [0, 0.05) is 11.6 Å². The third-order valence-electron chi connectivity index (χ3n) is 4.23.